The highest BCUT2D eigenvalue weighted by molar-refractivity contribution is 7.88. The SMILES string of the molecule is C[C@@H]1CN(c2cnn(-c3ccccc3)c(=O)c2OC2CCCCC2)CCN1S(=O)(=O)Cc1ccccc1. The Hall–Kier alpha value is -3.17. The Morgan fingerprint density at radius 1 is 0.946 bits per heavy atom. The van der Waals surface area contributed by atoms with Crippen LogP contribution >= 0.6 is 0 Å². The monoisotopic (exact) mass is 522 g/mol. The molecule has 2 aliphatic rings. The minimum absolute atomic E-state index is 0.00298. The van der Waals surface area contributed by atoms with E-state index in [1.165, 1.54) is 11.1 Å². The van der Waals surface area contributed by atoms with Crippen LogP contribution in [0.15, 0.2) is 71.7 Å². The van der Waals surface area contributed by atoms with Gasteiger partial charge in [-0.25, -0.2) is 8.42 Å². The minimum atomic E-state index is -3.48. The third kappa shape index (κ3) is 5.72. The largest absolute Gasteiger partial charge is 0.483 e. The van der Waals surface area contributed by atoms with E-state index < -0.39 is 10.0 Å². The molecule has 1 aliphatic carbocycles. The molecule has 2 fully saturated rings. The summed E-state index contributed by atoms with van der Waals surface area (Å²) in [5, 5.41) is 4.48. The Morgan fingerprint density at radius 2 is 1.62 bits per heavy atom. The molecule has 0 spiro atoms. The molecule has 0 bridgehead atoms. The normalized spacial score (nSPS) is 19.6. The lowest BCUT2D eigenvalue weighted by molar-refractivity contribution is 0.152. The molecular weight excluding hydrogens is 488 g/mol. The standard InChI is InChI=1S/C28H34N4O4S/c1-22-20-30(17-18-31(22)37(34,35)21-23-11-5-2-6-12-23)26-19-29-32(24-13-7-3-8-14-24)28(33)27(26)36-25-15-9-4-10-16-25/h2-3,5-8,11-14,19,22,25H,4,9-10,15-18,20-21H2,1H3/t22-/m1/s1. The van der Waals surface area contributed by atoms with Gasteiger partial charge in [0.25, 0.3) is 0 Å². The second-order valence-corrected chi connectivity index (χ2v) is 11.9. The Balaban J connectivity index is 1.41. The van der Waals surface area contributed by atoms with E-state index in [-0.39, 0.29) is 23.5 Å². The summed E-state index contributed by atoms with van der Waals surface area (Å²) in [6.07, 6.45) is 6.90. The van der Waals surface area contributed by atoms with E-state index in [1.807, 2.05) is 72.5 Å². The number of hydrogen-bond acceptors (Lipinski definition) is 6. The highest BCUT2D eigenvalue weighted by atomic mass is 32.2. The van der Waals surface area contributed by atoms with Crippen molar-refractivity contribution in [3.63, 3.8) is 0 Å². The fourth-order valence-corrected chi connectivity index (χ4v) is 7.06. The highest BCUT2D eigenvalue weighted by Crippen LogP contribution is 2.31. The average molecular weight is 523 g/mol. The van der Waals surface area contributed by atoms with Gasteiger partial charge < -0.3 is 9.64 Å². The lowest BCUT2D eigenvalue weighted by Crippen LogP contribution is -2.54. The van der Waals surface area contributed by atoms with Gasteiger partial charge in [0.05, 0.1) is 23.7 Å². The highest BCUT2D eigenvalue weighted by Gasteiger charge is 2.34. The van der Waals surface area contributed by atoms with Crippen LogP contribution in [0.4, 0.5) is 5.69 Å². The number of aromatic nitrogens is 2. The maximum Gasteiger partial charge on any atom is 0.316 e. The van der Waals surface area contributed by atoms with E-state index in [4.69, 9.17) is 4.74 Å². The zero-order valence-electron chi connectivity index (χ0n) is 21.2. The van der Waals surface area contributed by atoms with Crippen molar-refractivity contribution in [3.8, 4) is 11.4 Å². The van der Waals surface area contributed by atoms with Gasteiger partial charge in [0.1, 0.15) is 5.69 Å². The molecule has 2 heterocycles. The van der Waals surface area contributed by atoms with E-state index >= 15 is 0 Å². The number of sulfonamides is 1. The fourth-order valence-electron chi connectivity index (χ4n) is 5.31. The summed E-state index contributed by atoms with van der Waals surface area (Å²) in [7, 11) is -3.48. The van der Waals surface area contributed by atoms with Gasteiger partial charge in [-0.1, -0.05) is 55.0 Å². The zero-order chi connectivity index (χ0) is 25.8. The van der Waals surface area contributed by atoms with Crippen LogP contribution in [-0.2, 0) is 15.8 Å². The first-order chi connectivity index (χ1) is 17.9. The number of benzene rings is 2. The van der Waals surface area contributed by atoms with Gasteiger partial charge in [0.15, 0.2) is 0 Å². The number of piperazine rings is 1. The second kappa shape index (κ2) is 11.1. The summed E-state index contributed by atoms with van der Waals surface area (Å²) in [5.74, 6) is 0.279. The maximum absolute atomic E-state index is 13.7. The number of para-hydroxylation sites is 1. The molecule has 2 aromatic carbocycles. The van der Waals surface area contributed by atoms with Crippen LogP contribution in [0.2, 0.25) is 0 Å². The van der Waals surface area contributed by atoms with E-state index in [2.05, 4.69) is 5.10 Å². The van der Waals surface area contributed by atoms with Crippen LogP contribution in [0, 0.1) is 0 Å². The fraction of sp³-hybridized carbons (Fsp3) is 0.429. The van der Waals surface area contributed by atoms with Crippen LogP contribution in [0.3, 0.4) is 0 Å². The Kier molecular flexibility index (Phi) is 7.62. The molecule has 0 N–H and O–H groups in total. The molecule has 5 rings (SSSR count). The molecule has 0 unspecified atom stereocenters. The Morgan fingerprint density at radius 3 is 2.30 bits per heavy atom. The number of ether oxygens (including phenoxy) is 1. The summed E-state index contributed by atoms with van der Waals surface area (Å²) >= 11 is 0. The van der Waals surface area contributed by atoms with Gasteiger partial charge in [-0.3, -0.25) is 4.79 Å². The first kappa shape index (κ1) is 25.5. The molecule has 9 heteroatoms. The van der Waals surface area contributed by atoms with Crippen molar-refractivity contribution in [2.24, 2.45) is 0 Å². The summed E-state index contributed by atoms with van der Waals surface area (Å²) in [4.78, 5) is 15.7. The first-order valence-electron chi connectivity index (χ1n) is 13.1. The van der Waals surface area contributed by atoms with E-state index in [1.54, 1.807) is 10.5 Å². The Bertz CT molecular complexity index is 1360. The second-order valence-electron chi connectivity index (χ2n) is 9.94. The van der Waals surface area contributed by atoms with Crippen molar-refractivity contribution in [2.75, 3.05) is 24.5 Å². The topological polar surface area (TPSA) is 84.7 Å². The van der Waals surface area contributed by atoms with Crippen molar-refractivity contribution in [3.05, 3.63) is 82.8 Å². The molecule has 37 heavy (non-hydrogen) atoms. The lowest BCUT2D eigenvalue weighted by Gasteiger charge is -2.40. The molecular formula is C28H34N4O4S. The van der Waals surface area contributed by atoms with E-state index in [9.17, 15) is 13.2 Å². The Labute approximate surface area is 218 Å². The molecule has 0 radical (unpaired) electrons. The van der Waals surface area contributed by atoms with Gasteiger partial charge in [0, 0.05) is 25.7 Å². The molecule has 1 atom stereocenters. The predicted octanol–water partition coefficient (Wildman–Crippen LogP) is 3.98. The molecule has 1 saturated carbocycles. The van der Waals surface area contributed by atoms with Crippen molar-refractivity contribution >= 4 is 15.7 Å². The number of nitrogens with zero attached hydrogens (tertiary/aromatic N) is 4. The summed E-state index contributed by atoms with van der Waals surface area (Å²) < 4.78 is 35.8. The van der Waals surface area contributed by atoms with Crippen LogP contribution in [0.25, 0.3) is 5.69 Å². The average Bonchev–Trinajstić information content (AvgIpc) is 2.91. The van der Waals surface area contributed by atoms with Crippen LogP contribution in [0.5, 0.6) is 5.75 Å². The van der Waals surface area contributed by atoms with Gasteiger partial charge in [-0.05, 0) is 50.3 Å². The first-order valence-corrected chi connectivity index (χ1v) is 14.7. The number of hydrogen-bond donors (Lipinski definition) is 0. The molecule has 1 aromatic heterocycles. The van der Waals surface area contributed by atoms with Gasteiger partial charge >= 0.3 is 5.56 Å². The van der Waals surface area contributed by atoms with Gasteiger partial charge in [0.2, 0.25) is 15.8 Å². The van der Waals surface area contributed by atoms with E-state index in [0.29, 0.717) is 36.8 Å². The van der Waals surface area contributed by atoms with Crippen molar-refractivity contribution < 1.29 is 13.2 Å². The third-order valence-electron chi connectivity index (χ3n) is 7.21. The van der Waals surface area contributed by atoms with E-state index in [0.717, 1.165) is 31.2 Å². The van der Waals surface area contributed by atoms with Crippen LogP contribution in [0.1, 0.15) is 44.6 Å². The van der Waals surface area contributed by atoms with Gasteiger partial charge in [-0.15, -0.1) is 0 Å². The quantitative estimate of drug-likeness (QED) is 0.467. The predicted molar refractivity (Wildman–Crippen MR) is 145 cm³/mol. The van der Waals surface area contributed by atoms with Crippen LogP contribution in [-0.4, -0.2) is 54.3 Å². The zero-order valence-corrected chi connectivity index (χ0v) is 22.0. The molecule has 8 nitrogen and oxygen atoms in total. The molecule has 196 valence electrons. The lowest BCUT2D eigenvalue weighted by atomic mass is 9.98. The van der Waals surface area contributed by atoms with Crippen LogP contribution < -0.4 is 15.2 Å². The molecule has 1 saturated heterocycles. The van der Waals surface area contributed by atoms with Crippen molar-refractivity contribution in [2.45, 2.75) is 56.9 Å². The summed E-state index contributed by atoms with van der Waals surface area (Å²) in [6.45, 7) is 3.15. The van der Waals surface area contributed by atoms with Crippen molar-refractivity contribution in [1.82, 2.24) is 14.1 Å². The summed E-state index contributed by atoms with van der Waals surface area (Å²) in [5.41, 5.74) is 1.79. The molecule has 3 aromatic rings. The minimum Gasteiger partial charge on any atom is -0.483 e. The number of anilines is 1. The van der Waals surface area contributed by atoms with Gasteiger partial charge in [-0.2, -0.15) is 14.1 Å². The molecule has 1 aliphatic heterocycles. The summed E-state index contributed by atoms with van der Waals surface area (Å²) in [6, 6.07) is 18.3. The smallest absolute Gasteiger partial charge is 0.316 e. The molecule has 0 amide bonds. The number of rotatable bonds is 7. The maximum atomic E-state index is 13.7. The third-order valence-corrected chi connectivity index (χ3v) is 9.16. The van der Waals surface area contributed by atoms with Crippen molar-refractivity contribution in [1.29, 1.82) is 0 Å².